The van der Waals surface area contributed by atoms with Gasteiger partial charge in [-0.2, -0.15) is 0 Å². The number of nitrogens with one attached hydrogen (secondary N) is 2. The minimum atomic E-state index is -0.0340. The molecule has 1 amide bonds. The minimum Gasteiger partial charge on any atom is -0.326 e. The molecule has 0 aliphatic carbocycles. The van der Waals surface area contributed by atoms with Crippen molar-refractivity contribution in [3.05, 3.63) is 29.8 Å². The Morgan fingerprint density at radius 3 is 2.47 bits per heavy atom. The number of hydrogen-bond acceptors (Lipinski definition) is 2. The van der Waals surface area contributed by atoms with Gasteiger partial charge in [0, 0.05) is 25.7 Å². The summed E-state index contributed by atoms with van der Waals surface area (Å²) >= 11 is 0. The van der Waals surface area contributed by atoms with Crippen molar-refractivity contribution in [2.45, 2.75) is 34.2 Å². The Morgan fingerprint density at radius 2 is 1.88 bits per heavy atom. The third-order valence-corrected chi connectivity index (χ3v) is 2.30. The van der Waals surface area contributed by atoms with Gasteiger partial charge in [0.1, 0.15) is 0 Å². The van der Waals surface area contributed by atoms with Gasteiger partial charge < -0.3 is 10.6 Å². The van der Waals surface area contributed by atoms with Gasteiger partial charge in [-0.3, -0.25) is 4.79 Å². The van der Waals surface area contributed by atoms with Crippen LogP contribution in [-0.2, 0) is 11.3 Å². The normalized spacial score (nSPS) is 11.3. The first-order valence-electron chi connectivity index (χ1n) is 5.95. The van der Waals surface area contributed by atoms with E-state index in [9.17, 15) is 4.79 Å². The van der Waals surface area contributed by atoms with Crippen LogP contribution in [0, 0.1) is 5.41 Å². The van der Waals surface area contributed by atoms with E-state index in [-0.39, 0.29) is 11.3 Å². The molecule has 1 aromatic carbocycles. The first kappa shape index (κ1) is 13.7. The second-order valence-electron chi connectivity index (χ2n) is 5.50. The van der Waals surface area contributed by atoms with Crippen LogP contribution in [0.15, 0.2) is 24.3 Å². The summed E-state index contributed by atoms with van der Waals surface area (Å²) in [5, 5.41) is 6.25. The second kappa shape index (κ2) is 5.82. The van der Waals surface area contributed by atoms with Crippen LogP contribution in [0.1, 0.15) is 33.3 Å². The first-order valence-corrected chi connectivity index (χ1v) is 5.95. The predicted octanol–water partition coefficient (Wildman–Crippen LogP) is 2.78. The molecule has 0 fully saturated rings. The summed E-state index contributed by atoms with van der Waals surface area (Å²) in [6, 6.07) is 7.87. The fraction of sp³-hybridized carbons (Fsp3) is 0.500. The van der Waals surface area contributed by atoms with E-state index in [1.54, 1.807) is 0 Å². The molecule has 0 aliphatic rings. The zero-order valence-electron chi connectivity index (χ0n) is 11.1. The van der Waals surface area contributed by atoms with Crippen LogP contribution in [-0.4, -0.2) is 12.5 Å². The number of carbonyl (C=O) groups excluding carboxylic acids is 1. The summed E-state index contributed by atoms with van der Waals surface area (Å²) in [5.41, 5.74) is 2.27. The molecular weight excluding hydrogens is 212 g/mol. The van der Waals surface area contributed by atoms with Crippen molar-refractivity contribution in [2.75, 3.05) is 11.9 Å². The van der Waals surface area contributed by atoms with Gasteiger partial charge in [0.05, 0.1) is 0 Å². The Kier molecular flexibility index (Phi) is 4.70. The quantitative estimate of drug-likeness (QED) is 0.841. The van der Waals surface area contributed by atoms with Crippen LogP contribution < -0.4 is 10.6 Å². The molecule has 17 heavy (non-hydrogen) atoms. The number of carbonyl (C=O) groups is 1. The van der Waals surface area contributed by atoms with Crippen molar-refractivity contribution in [1.82, 2.24) is 5.32 Å². The molecule has 0 aromatic heterocycles. The summed E-state index contributed by atoms with van der Waals surface area (Å²) in [6.45, 7) is 9.83. The monoisotopic (exact) mass is 234 g/mol. The number of hydrogen-bond donors (Lipinski definition) is 2. The van der Waals surface area contributed by atoms with E-state index in [1.807, 2.05) is 24.3 Å². The molecule has 0 spiro atoms. The van der Waals surface area contributed by atoms with Crippen LogP contribution in [0.2, 0.25) is 0 Å². The average molecular weight is 234 g/mol. The van der Waals surface area contributed by atoms with Crippen LogP contribution in [0.25, 0.3) is 0 Å². The van der Waals surface area contributed by atoms with E-state index in [4.69, 9.17) is 0 Å². The van der Waals surface area contributed by atoms with Crippen molar-refractivity contribution < 1.29 is 4.79 Å². The van der Waals surface area contributed by atoms with E-state index in [2.05, 4.69) is 31.4 Å². The smallest absolute Gasteiger partial charge is 0.221 e. The Balaban J connectivity index is 2.61. The van der Waals surface area contributed by atoms with Gasteiger partial charge in [-0.15, -0.1) is 0 Å². The minimum absolute atomic E-state index is 0.0340. The summed E-state index contributed by atoms with van der Waals surface area (Å²) in [4.78, 5) is 11.1. The van der Waals surface area contributed by atoms with E-state index >= 15 is 0 Å². The van der Waals surface area contributed by atoms with Crippen LogP contribution in [0.3, 0.4) is 0 Å². The lowest BCUT2D eigenvalue weighted by Crippen LogP contribution is -2.26. The lowest BCUT2D eigenvalue weighted by Gasteiger charge is -2.19. The lowest BCUT2D eigenvalue weighted by atomic mass is 9.97. The standard InChI is InChI=1S/C14H22N2O/c1-11(17)16-13-8-6-5-7-12(13)9-15-10-14(2,3)4/h5-8,15H,9-10H2,1-4H3,(H,16,17). The fourth-order valence-corrected chi connectivity index (χ4v) is 1.56. The van der Waals surface area contributed by atoms with Gasteiger partial charge in [-0.25, -0.2) is 0 Å². The first-order chi connectivity index (χ1) is 7.88. The van der Waals surface area contributed by atoms with Gasteiger partial charge >= 0.3 is 0 Å². The topological polar surface area (TPSA) is 41.1 Å². The highest BCUT2D eigenvalue weighted by atomic mass is 16.1. The van der Waals surface area contributed by atoms with Crippen molar-refractivity contribution in [1.29, 1.82) is 0 Å². The Hall–Kier alpha value is -1.35. The summed E-state index contributed by atoms with van der Waals surface area (Å²) in [5.74, 6) is -0.0340. The fourth-order valence-electron chi connectivity index (χ4n) is 1.56. The maximum absolute atomic E-state index is 11.1. The van der Waals surface area contributed by atoms with Gasteiger partial charge in [-0.05, 0) is 17.0 Å². The summed E-state index contributed by atoms with van der Waals surface area (Å²) in [7, 11) is 0. The van der Waals surface area contributed by atoms with Crippen LogP contribution >= 0.6 is 0 Å². The summed E-state index contributed by atoms with van der Waals surface area (Å²) < 4.78 is 0. The molecule has 0 saturated heterocycles. The Morgan fingerprint density at radius 1 is 1.24 bits per heavy atom. The lowest BCUT2D eigenvalue weighted by molar-refractivity contribution is -0.114. The highest BCUT2D eigenvalue weighted by molar-refractivity contribution is 5.89. The van der Waals surface area contributed by atoms with Gasteiger partial charge in [0.25, 0.3) is 0 Å². The Labute approximate surface area is 104 Å². The second-order valence-corrected chi connectivity index (χ2v) is 5.50. The molecule has 0 aliphatic heterocycles. The van der Waals surface area contributed by atoms with E-state index in [1.165, 1.54) is 6.92 Å². The Bertz CT molecular complexity index is 380. The van der Waals surface area contributed by atoms with E-state index < -0.39 is 0 Å². The molecule has 2 N–H and O–H groups in total. The van der Waals surface area contributed by atoms with Crippen molar-refractivity contribution in [3.8, 4) is 0 Å². The molecule has 94 valence electrons. The number of rotatable bonds is 4. The molecule has 3 nitrogen and oxygen atoms in total. The molecule has 0 atom stereocenters. The number of anilines is 1. The van der Waals surface area contributed by atoms with Crippen molar-refractivity contribution in [3.63, 3.8) is 0 Å². The summed E-state index contributed by atoms with van der Waals surface area (Å²) in [6.07, 6.45) is 0. The molecule has 1 aromatic rings. The molecular formula is C14H22N2O. The average Bonchev–Trinajstić information content (AvgIpc) is 2.18. The van der Waals surface area contributed by atoms with Gasteiger partial charge in [-0.1, -0.05) is 39.0 Å². The molecule has 0 unspecified atom stereocenters. The maximum atomic E-state index is 11.1. The molecule has 0 heterocycles. The number of benzene rings is 1. The molecule has 0 radical (unpaired) electrons. The third-order valence-electron chi connectivity index (χ3n) is 2.30. The van der Waals surface area contributed by atoms with Gasteiger partial charge in [0.15, 0.2) is 0 Å². The molecule has 0 bridgehead atoms. The van der Waals surface area contributed by atoms with Crippen molar-refractivity contribution in [2.24, 2.45) is 5.41 Å². The van der Waals surface area contributed by atoms with E-state index in [0.717, 1.165) is 24.3 Å². The van der Waals surface area contributed by atoms with Crippen LogP contribution in [0.4, 0.5) is 5.69 Å². The zero-order chi connectivity index (χ0) is 12.9. The highest BCUT2D eigenvalue weighted by Gasteiger charge is 2.09. The SMILES string of the molecule is CC(=O)Nc1ccccc1CNCC(C)(C)C. The zero-order valence-corrected chi connectivity index (χ0v) is 11.1. The van der Waals surface area contributed by atoms with Crippen molar-refractivity contribution >= 4 is 11.6 Å². The third kappa shape index (κ3) is 5.50. The highest BCUT2D eigenvalue weighted by Crippen LogP contribution is 2.16. The predicted molar refractivity (Wildman–Crippen MR) is 71.9 cm³/mol. The largest absolute Gasteiger partial charge is 0.326 e. The van der Waals surface area contributed by atoms with Crippen LogP contribution in [0.5, 0.6) is 0 Å². The molecule has 1 rings (SSSR count). The number of amides is 1. The molecule has 0 saturated carbocycles. The van der Waals surface area contributed by atoms with Gasteiger partial charge in [0.2, 0.25) is 5.91 Å². The number of para-hydroxylation sites is 1. The maximum Gasteiger partial charge on any atom is 0.221 e. The van der Waals surface area contributed by atoms with E-state index in [0.29, 0.717) is 0 Å². The molecule has 3 heteroatoms.